The average molecular weight is 476 g/mol. The molecule has 9 nitrogen and oxygen atoms in total. The van der Waals surface area contributed by atoms with E-state index in [2.05, 4.69) is 22.6 Å². The van der Waals surface area contributed by atoms with E-state index in [0.29, 0.717) is 0 Å². The minimum Gasteiger partial charge on any atom is -0.481 e. The van der Waals surface area contributed by atoms with Crippen LogP contribution in [0.3, 0.4) is 0 Å². The van der Waals surface area contributed by atoms with Gasteiger partial charge in [0.2, 0.25) is 5.88 Å². The molecule has 0 bridgehead atoms. The van der Waals surface area contributed by atoms with Gasteiger partial charge in [0, 0.05) is 25.1 Å². The summed E-state index contributed by atoms with van der Waals surface area (Å²) in [6.45, 7) is 4.13. The van der Waals surface area contributed by atoms with Crippen LogP contribution in [0.1, 0.15) is 41.4 Å². The van der Waals surface area contributed by atoms with Crippen LogP contribution in [0.5, 0.6) is 0 Å². The molecule has 1 saturated heterocycles. The Hall–Kier alpha value is -4.14. The third-order valence-corrected chi connectivity index (χ3v) is 6.83. The van der Waals surface area contributed by atoms with Crippen molar-refractivity contribution in [3.05, 3.63) is 71.4 Å². The number of carbonyl (C=O) groups excluding carboxylic acids is 2. The van der Waals surface area contributed by atoms with Crippen molar-refractivity contribution < 1.29 is 28.8 Å². The maximum Gasteiger partial charge on any atom is 0.414 e. The number of hydrogen-bond acceptors (Lipinski definition) is 6. The first-order chi connectivity index (χ1) is 16.7. The molecular weight excluding hydrogens is 450 g/mol. The van der Waals surface area contributed by atoms with Crippen molar-refractivity contribution >= 4 is 23.9 Å². The molecule has 0 saturated carbocycles. The second-order valence-electron chi connectivity index (χ2n) is 9.59. The van der Waals surface area contributed by atoms with Gasteiger partial charge in [0.05, 0.1) is 5.92 Å². The van der Waals surface area contributed by atoms with Crippen LogP contribution in [-0.4, -0.2) is 52.8 Å². The predicted molar refractivity (Wildman–Crippen MR) is 126 cm³/mol. The zero-order valence-electron chi connectivity index (χ0n) is 19.4. The molecule has 1 aliphatic heterocycles. The third kappa shape index (κ3) is 4.14. The number of nitrogens with zero attached hydrogens (tertiary/aromatic N) is 2. The second kappa shape index (κ2) is 8.57. The zero-order valence-corrected chi connectivity index (χ0v) is 19.4. The zero-order chi connectivity index (χ0) is 24.7. The molecule has 5 rings (SSSR count). The van der Waals surface area contributed by atoms with E-state index in [1.165, 1.54) is 11.0 Å². The molecule has 1 unspecified atom stereocenters. The van der Waals surface area contributed by atoms with E-state index < -0.39 is 29.3 Å². The minimum atomic E-state index is -0.942. The van der Waals surface area contributed by atoms with Gasteiger partial charge in [-0.3, -0.25) is 14.9 Å². The molecule has 35 heavy (non-hydrogen) atoms. The smallest absolute Gasteiger partial charge is 0.414 e. The first kappa shape index (κ1) is 22.6. The average Bonchev–Trinajstić information content (AvgIpc) is 3.51. The number of aliphatic carboxylic acids is 1. The molecule has 2 aromatic carbocycles. The summed E-state index contributed by atoms with van der Waals surface area (Å²) in [6, 6.07) is 17.4. The van der Waals surface area contributed by atoms with Gasteiger partial charge < -0.3 is 19.3 Å². The fraction of sp³-hybridized carbons (Fsp3) is 0.308. The normalized spacial score (nSPS) is 18.1. The molecule has 1 aromatic heterocycles. The Kier molecular flexibility index (Phi) is 5.55. The molecule has 2 amide bonds. The highest BCUT2D eigenvalue weighted by atomic mass is 16.6. The third-order valence-electron chi connectivity index (χ3n) is 6.83. The number of benzene rings is 2. The highest BCUT2D eigenvalue weighted by Crippen LogP contribution is 2.44. The number of carbonyl (C=O) groups is 3. The quantitative estimate of drug-likeness (QED) is 0.567. The van der Waals surface area contributed by atoms with Crippen molar-refractivity contribution in [2.45, 2.75) is 19.8 Å². The lowest BCUT2D eigenvalue weighted by molar-refractivity contribution is -0.143. The van der Waals surface area contributed by atoms with Crippen LogP contribution in [0.4, 0.5) is 10.7 Å². The Morgan fingerprint density at radius 2 is 1.74 bits per heavy atom. The Morgan fingerprint density at radius 3 is 2.34 bits per heavy atom. The van der Waals surface area contributed by atoms with Gasteiger partial charge in [-0.2, -0.15) is 0 Å². The summed E-state index contributed by atoms with van der Waals surface area (Å²) in [4.78, 5) is 38.2. The lowest BCUT2D eigenvalue weighted by Crippen LogP contribution is -2.30. The number of amides is 2. The number of aromatic nitrogens is 1. The summed E-state index contributed by atoms with van der Waals surface area (Å²) in [5, 5.41) is 15.6. The van der Waals surface area contributed by atoms with Gasteiger partial charge in [-0.05, 0) is 27.7 Å². The molecule has 2 heterocycles. The molecule has 0 radical (unpaired) electrons. The molecule has 1 atom stereocenters. The molecule has 9 heteroatoms. The standard InChI is InChI=1S/C26H25N3O6/c1-26(2)14-29(12-20(26)24(31)32)23(30)21-11-22(35-28-21)27-25(33)34-13-19-17-9-5-3-7-15(17)16-8-4-6-10-18(16)19/h3-11,19-20H,12-14H2,1-2H3,(H,27,33)(H,31,32). The van der Waals surface area contributed by atoms with Crippen molar-refractivity contribution in [1.29, 1.82) is 0 Å². The van der Waals surface area contributed by atoms with E-state index in [0.717, 1.165) is 22.3 Å². The molecular formula is C26H25N3O6. The van der Waals surface area contributed by atoms with Crippen molar-refractivity contribution in [1.82, 2.24) is 10.1 Å². The Balaban J connectivity index is 1.21. The van der Waals surface area contributed by atoms with Gasteiger partial charge in [-0.25, -0.2) is 4.79 Å². The largest absolute Gasteiger partial charge is 0.481 e. The number of carboxylic acid groups (broad SMARTS) is 1. The summed E-state index contributed by atoms with van der Waals surface area (Å²) in [5.74, 6) is -2.18. The topological polar surface area (TPSA) is 122 Å². The van der Waals surface area contributed by atoms with E-state index >= 15 is 0 Å². The van der Waals surface area contributed by atoms with E-state index in [1.54, 1.807) is 0 Å². The number of hydrogen-bond donors (Lipinski definition) is 2. The number of rotatable bonds is 5. The SMILES string of the molecule is CC1(C)CN(C(=O)c2cc(NC(=O)OCC3c4ccccc4-c4ccccc43)on2)CC1C(=O)O. The lowest BCUT2D eigenvalue weighted by Gasteiger charge is -2.21. The van der Waals surface area contributed by atoms with Crippen LogP contribution in [0, 0.1) is 11.3 Å². The molecule has 2 aliphatic rings. The number of fused-ring (bicyclic) bond motifs is 3. The second-order valence-corrected chi connectivity index (χ2v) is 9.59. The van der Waals surface area contributed by atoms with Crippen LogP contribution in [-0.2, 0) is 9.53 Å². The molecule has 1 aliphatic carbocycles. The molecule has 180 valence electrons. The summed E-state index contributed by atoms with van der Waals surface area (Å²) < 4.78 is 10.6. The molecule has 2 N–H and O–H groups in total. The van der Waals surface area contributed by atoms with Gasteiger partial charge >= 0.3 is 12.1 Å². The van der Waals surface area contributed by atoms with Crippen LogP contribution in [0.15, 0.2) is 59.1 Å². The first-order valence-electron chi connectivity index (χ1n) is 11.4. The number of anilines is 1. The Morgan fingerprint density at radius 1 is 1.11 bits per heavy atom. The predicted octanol–water partition coefficient (Wildman–Crippen LogP) is 4.22. The number of likely N-dealkylation sites (tertiary alicyclic amines) is 1. The lowest BCUT2D eigenvalue weighted by atomic mass is 9.82. The highest BCUT2D eigenvalue weighted by Gasteiger charge is 2.46. The van der Waals surface area contributed by atoms with E-state index in [4.69, 9.17) is 9.26 Å². The fourth-order valence-electron chi connectivity index (χ4n) is 5.03. The summed E-state index contributed by atoms with van der Waals surface area (Å²) in [5.41, 5.74) is 3.88. The number of ether oxygens (including phenoxy) is 1. The maximum atomic E-state index is 12.8. The monoisotopic (exact) mass is 475 g/mol. The van der Waals surface area contributed by atoms with Crippen LogP contribution in [0.25, 0.3) is 11.1 Å². The van der Waals surface area contributed by atoms with Crippen molar-refractivity contribution in [2.75, 3.05) is 25.0 Å². The summed E-state index contributed by atoms with van der Waals surface area (Å²) >= 11 is 0. The van der Waals surface area contributed by atoms with Crippen LogP contribution in [0.2, 0.25) is 0 Å². The Bertz CT molecular complexity index is 1270. The molecule has 0 spiro atoms. The Labute approximate surface area is 201 Å². The van der Waals surface area contributed by atoms with Gasteiger partial charge in [-0.1, -0.05) is 67.5 Å². The summed E-state index contributed by atoms with van der Waals surface area (Å²) in [7, 11) is 0. The van der Waals surface area contributed by atoms with Crippen LogP contribution < -0.4 is 5.32 Å². The minimum absolute atomic E-state index is 0.0132. The maximum absolute atomic E-state index is 12.8. The van der Waals surface area contributed by atoms with E-state index in [-0.39, 0.29) is 37.2 Å². The molecule has 1 fully saturated rings. The highest BCUT2D eigenvalue weighted by molar-refractivity contribution is 5.94. The molecule has 3 aromatic rings. The number of carboxylic acids is 1. The van der Waals surface area contributed by atoms with Crippen molar-refractivity contribution in [2.24, 2.45) is 11.3 Å². The van der Waals surface area contributed by atoms with Crippen molar-refractivity contribution in [3.63, 3.8) is 0 Å². The van der Waals surface area contributed by atoms with Gasteiger partial charge in [0.1, 0.15) is 6.61 Å². The van der Waals surface area contributed by atoms with Gasteiger partial charge in [0.15, 0.2) is 5.69 Å². The fourth-order valence-corrected chi connectivity index (χ4v) is 5.03. The van der Waals surface area contributed by atoms with Crippen LogP contribution >= 0.6 is 0 Å². The van der Waals surface area contributed by atoms with E-state index in [9.17, 15) is 19.5 Å². The first-order valence-corrected chi connectivity index (χ1v) is 11.4. The van der Waals surface area contributed by atoms with E-state index in [1.807, 2.05) is 50.2 Å². The van der Waals surface area contributed by atoms with Gasteiger partial charge in [-0.15, -0.1) is 0 Å². The summed E-state index contributed by atoms with van der Waals surface area (Å²) in [6.07, 6.45) is -0.727. The van der Waals surface area contributed by atoms with Crippen molar-refractivity contribution in [3.8, 4) is 11.1 Å². The van der Waals surface area contributed by atoms with Gasteiger partial charge in [0.25, 0.3) is 5.91 Å². The number of nitrogens with one attached hydrogen (secondary N) is 1.